The number of amides is 1. The molecule has 0 saturated carbocycles. The predicted molar refractivity (Wildman–Crippen MR) is 64.3 cm³/mol. The minimum atomic E-state index is -1.02. The highest BCUT2D eigenvalue weighted by Crippen LogP contribution is 2.25. The predicted octanol–water partition coefficient (Wildman–Crippen LogP) is 1.50. The van der Waals surface area contributed by atoms with Gasteiger partial charge < -0.3 is 10.1 Å². The fraction of sp³-hybridized carbons (Fsp3) is 0.417. The summed E-state index contributed by atoms with van der Waals surface area (Å²) >= 11 is 0. The molecule has 1 aromatic rings. The van der Waals surface area contributed by atoms with Crippen molar-refractivity contribution in [1.29, 1.82) is 0 Å². The van der Waals surface area contributed by atoms with Gasteiger partial charge in [0.15, 0.2) is 0 Å². The van der Waals surface area contributed by atoms with Gasteiger partial charge in [-0.05, 0) is 12.1 Å². The van der Waals surface area contributed by atoms with E-state index in [0.29, 0.717) is 19.8 Å². The van der Waals surface area contributed by atoms with E-state index in [9.17, 15) is 19.3 Å². The molecule has 0 unspecified atom stereocenters. The van der Waals surface area contributed by atoms with Gasteiger partial charge in [0.05, 0.1) is 18.1 Å². The normalized spacial score (nSPS) is 16.5. The zero-order valence-corrected chi connectivity index (χ0v) is 10.3. The van der Waals surface area contributed by atoms with E-state index in [2.05, 4.69) is 5.32 Å². The number of hydrogen-bond donors (Lipinski definition) is 1. The summed E-state index contributed by atoms with van der Waals surface area (Å²) in [6, 6.07) is 3.08. The Hall–Kier alpha value is -2.02. The molecule has 1 fully saturated rings. The van der Waals surface area contributed by atoms with Crippen molar-refractivity contribution >= 4 is 11.6 Å². The molecule has 102 valence electrons. The third kappa shape index (κ3) is 2.87. The molecule has 1 N–H and O–H groups in total. The number of nitrogens with one attached hydrogen (secondary N) is 1. The standard InChI is InChI=1S/C12H13FN2O4/c1-12(6-19-7-12)5-14-11(16)8-2-3-10(15(17)18)9(13)4-8/h2-4H,5-7H2,1H3,(H,14,16). The first-order valence-electron chi connectivity index (χ1n) is 5.71. The maximum absolute atomic E-state index is 13.4. The molecule has 1 saturated heterocycles. The Morgan fingerprint density at radius 2 is 2.26 bits per heavy atom. The zero-order chi connectivity index (χ0) is 14.0. The molecule has 0 spiro atoms. The second-order valence-corrected chi connectivity index (χ2v) is 4.91. The van der Waals surface area contributed by atoms with Crippen LogP contribution < -0.4 is 5.32 Å². The summed E-state index contributed by atoms with van der Waals surface area (Å²) in [4.78, 5) is 21.4. The van der Waals surface area contributed by atoms with Crippen LogP contribution in [0, 0.1) is 21.3 Å². The van der Waals surface area contributed by atoms with Crippen LogP contribution in [0.15, 0.2) is 18.2 Å². The smallest absolute Gasteiger partial charge is 0.304 e. The molecule has 1 aromatic carbocycles. The largest absolute Gasteiger partial charge is 0.380 e. The number of nitro benzene ring substituents is 1. The molecule has 0 aromatic heterocycles. The number of nitro groups is 1. The number of ether oxygens (including phenoxy) is 1. The molecule has 19 heavy (non-hydrogen) atoms. The monoisotopic (exact) mass is 268 g/mol. The Labute approximate surface area is 108 Å². The number of hydrogen-bond acceptors (Lipinski definition) is 4. The van der Waals surface area contributed by atoms with Crippen LogP contribution >= 0.6 is 0 Å². The average Bonchev–Trinajstić information content (AvgIpc) is 2.33. The van der Waals surface area contributed by atoms with Crippen molar-refractivity contribution in [2.24, 2.45) is 5.41 Å². The summed E-state index contributed by atoms with van der Waals surface area (Å²) in [5, 5.41) is 13.1. The number of carbonyl (C=O) groups is 1. The highest BCUT2D eigenvalue weighted by molar-refractivity contribution is 5.94. The fourth-order valence-corrected chi connectivity index (χ4v) is 1.74. The first-order chi connectivity index (χ1) is 8.91. The maximum atomic E-state index is 13.4. The first kappa shape index (κ1) is 13.4. The van der Waals surface area contributed by atoms with Crippen LogP contribution in [0.25, 0.3) is 0 Å². The second kappa shape index (κ2) is 4.93. The lowest BCUT2D eigenvalue weighted by molar-refractivity contribution is -0.387. The summed E-state index contributed by atoms with van der Waals surface area (Å²) in [6.45, 7) is 3.53. The molecule has 0 radical (unpaired) electrons. The van der Waals surface area contributed by atoms with E-state index < -0.39 is 22.3 Å². The first-order valence-corrected chi connectivity index (χ1v) is 5.71. The summed E-state index contributed by atoms with van der Waals surface area (Å²) in [5.41, 5.74) is -0.669. The molecule has 7 heteroatoms. The Balaban J connectivity index is 2.03. The Kier molecular flexibility index (Phi) is 3.48. The second-order valence-electron chi connectivity index (χ2n) is 4.91. The lowest BCUT2D eigenvalue weighted by Gasteiger charge is -2.38. The van der Waals surface area contributed by atoms with Crippen LogP contribution in [0.1, 0.15) is 17.3 Å². The minimum absolute atomic E-state index is 0.0620. The maximum Gasteiger partial charge on any atom is 0.304 e. The molecule has 0 aliphatic carbocycles. The molecular weight excluding hydrogens is 255 g/mol. The molecule has 1 aliphatic heterocycles. The molecule has 1 aliphatic rings. The van der Waals surface area contributed by atoms with Gasteiger partial charge in [0.2, 0.25) is 5.82 Å². The minimum Gasteiger partial charge on any atom is -0.380 e. The summed E-state index contributed by atoms with van der Waals surface area (Å²) in [6.07, 6.45) is 0. The third-order valence-electron chi connectivity index (χ3n) is 2.98. The highest BCUT2D eigenvalue weighted by atomic mass is 19.1. The van der Waals surface area contributed by atoms with Crippen molar-refractivity contribution in [2.75, 3.05) is 19.8 Å². The summed E-state index contributed by atoms with van der Waals surface area (Å²) in [7, 11) is 0. The van der Waals surface area contributed by atoms with Gasteiger partial charge in [-0.25, -0.2) is 0 Å². The van der Waals surface area contributed by atoms with E-state index in [-0.39, 0.29) is 11.0 Å². The number of carbonyl (C=O) groups excluding carboxylic acids is 1. The number of nitrogens with zero attached hydrogens (tertiary/aromatic N) is 1. The Bertz CT molecular complexity index is 528. The Morgan fingerprint density at radius 3 is 2.74 bits per heavy atom. The quantitative estimate of drug-likeness (QED) is 0.662. The van der Waals surface area contributed by atoms with E-state index >= 15 is 0 Å². The van der Waals surface area contributed by atoms with Gasteiger partial charge in [-0.3, -0.25) is 14.9 Å². The molecule has 1 amide bonds. The average molecular weight is 268 g/mol. The van der Waals surface area contributed by atoms with Gasteiger partial charge in [-0.2, -0.15) is 4.39 Å². The lowest BCUT2D eigenvalue weighted by atomic mass is 9.88. The lowest BCUT2D eigenvalue weighted by Crippen LogP contribution is -2.48. The topological polar surface area (TPSA) is 81.5 Å². The fourth-order valence-electron chi connectivity index (χ4n) is 1.74. The summed E-state index contributed by atoms with van der Waals surface area (Å²) < 4.78 is 18.4. The van der Waals surface area contributed by atoms with Crippen molar-refractivity contribution in [1.82, 2.24) is 5.32 Å². The van der Waals surface area contributed by atoms with E-state index in [1.165, 1.54) is 6.07 Å². The zero-order valence-electron chi connectivity index (χ0n) is 10.3. The van der Waals surface area contributed by atoms with Gasteiger partial charge in [-0.1, -0.05) is 6.92 Å². The van der Waals surface area contributed by atoms with Crippen molar-refractivity contribution in [3.63, 3.8) is 0 Å². The van der Waals surface area contributed by atoms with Gasteiger partial charge in [0.25, 0.3) is 5.91 Å². The van der Waals surface area contributed by atoms with Crippen LogP contribution in [-0.4, -0.2) is 30.6 Å². The van der Waals surface area contributed by atoms with E-state index in [1.807, 2.05) is 6.92 Å². The number of benzene rings is 1. The van der Waals surface area contributed by atoms with Crippen LogP contribution in [0.2, 0.25) is 0 Å². The van der Waals surface area contributed by atoms with Crippen molar-refractivity contribution in [3.05, 3.63) is 39.7 Å². The molecule has 0 atom stereocenters. The van der Waals surface area contributed by atoms with Gasteiger partial charge in [-0.15, -0.1) is 0 Å². The molecule has 2 rings (SSSR count). The summed E-state index contributed by atoms with van der Waals surface area (Å²) in [5.74, 6) is -1.47. The van der Waals surface area contributed by atoms with Crippen molar-refractivity contribution < 1.29 is 18.8 Å². The van der Waals surface area contributed by atoms with Crippen LogP contribution in [0.5, 0.6) is 0 Å². The van der Waals surface area contributed by atoms with E-state index in [1.54, 1.807) is 0 Å². The van der Waals surface area contributed by atoms with E-state index in [4.69, 9.17) is 4.74 Å². The van der Waals surface area contributed by atoms with Crippen LogP contribution in [0.3, 0.4) is 0 Å². The van der Waals surface area contributed by atoms with Crippen molar-refractivity contribution in [3.8, 4) is 0 Å². The molecule has 6 nitrogen and oxygen atoms in total. The van der Waals surface area contributed by atoms with Crippen LogP contribution in [0.4, 0.5) is 10.1 Å². The highest BCUT2D eigenvalue weighted by Gasteiger charge is 2.33. The van der Waals surface area contributed by atoms with E-state index in [0.717, 1.165) is 12.1 Å². The number of halogens is 1. The third-order valence-corrected chi connectivity index (χ3v) is 2.98. The molecule has 1 heterocycles. The van der Waals surface area contributed by atoms with Crippen molar-refractivity contribution in [2.45, 2.75) is 6.92 Å². The molecule has 0 bridgehead atoms. The van der Waals surface area contributed by atoms with Crippen LogP contribution in [-0.2, 0) is 4.74 Å². The molecular formula is C12H13FN2O4. The number of rotatable bonds is 4. The SMILES string of the molecule is CC1(CNC(=O)c2ccc([N+](=O)[O-])c(F)c2)COC1. The Morgan fingerprint density at radius 1 is 1.58 bits per heavy atom. The van der Waals surface area contributed by atoms with Gasteiger partial charge in [0.1, 0.15) is 0 Å². The van der Waals surface area contributed by atoms with Gasteiger partial charge >= 0.3 is 5.69 Å². The van der Waals surface area contributed by atoms with Gasteiger partial charge in [0, 0.05) is 23.6 Å².